The third-order valence-electron chi connectivity index (χ3n) is 3.02. The number of rotatable bonds is 5. The molecule has 1 aromatic heterocycles. The van der Waals surface area contributed by atoms with Crippen molar-refractivity contribution in [2.75, 3.05) is 0 Å². The summed E-state index contributed by atoms with van der Waals surface area (Å²) in [5, 5.41) is 0. The van der Waals surface area contributed by atoms with Gasteiger partial charge in [0.2, 0.25) is 5.88 Å². The molecular weight excluding hydrogens is 276 g/mol. The molecule has 0 radical (unpaired) electrons. The van der Waals surface area contributed by atoms with E-state index in [1.807, 2.05) is 30.3 Å². The van der Waals surface area contributed by atoms with Crippen molar-refractivity contribution in [3.63, 3.8) is 0 Å². The minimum Gasteiger partial charge on any atom is -0.472 e. The minimum atomic E-state index is -3.05. The molecule has 0 bridgehead atoms. The molecule has 0 N–H and O–H groups in total. The van der Waals surface area contributed by atoms with Crippen molar-refractivity contribution in [1.82, 2.24) is 4.98 Å². The maximum Gasteiger partial charge on any atom is 0.272 e. The molecule has 1 heterocycles. The molecule has 2 rings (SSSR count). The van der Waals surface area contributed by atoms with Crippen LogP contribution in [0.4, 0.5) is 8.78 Å². The molecule has 2 aromatic rings. The van der Waals surface area contributed by atoms with Crippen molar-refractivity contribution in [3.05, 3.63) is 58.8 Å². The fraction of sp³-hybridized carbons (Fsp3) is 0.250. The number of ether oxygens (including phenoxy) is 1. The number of benzene rings is 1. The number of hydrogen-bond acceptors (Lipinski definition) is 3. The number of alkyl halides is 2. The maximum atomic E-state index is 13.4. The standard InChI is InChI=1S/C16H15F2NO2/c1-11-14(16(2,17)18)8-13(9-20)15(19-11)21-10-12-6-4-3-5-7-12/h3-9H,10H2,1-2H3. The molecule has 110 valence electrons. The van der Waals surface area contributed by atoms with E-state index in [2.05, 4.69) is 4.98 Å². The van der Waals surface area contributed by atoms with Gasteiger partial charge in [-0.25, -0.2) is 13.8 Å². The first kappa shape index (κ1) is 15.1. The van der Waals surface area contributed by atoms with Crippen LogP contribution < -0.4 is 4.74 Å². The number of halogens is 2. The van der Waals surface area contributed by atoms with Gasteiger partial charge in [-0.3, -0.25) is 4.79 Å². The van der Waals surface area contributed by atoms with E-state index in [9.17, 15) is 13.6 Å². The summed E-state index contributed by atoms with van der Waals surface area (Å²) in [5.41, 5.74) is 0.805. The van der Waals surface area contributed by atoms with Gasteiger partial charge < -0.3 is 4.74 Å². The molecule has 5 heteroatoms. The van der Waals surface area contributed by atoms with Crippen LogP contribution in [0.2, 0.25) is 0 Å². The Morgan fingerprint density at radius 2 is 1.95 bits per heavy atom. The van der Waals surface area contributed by atoms with E-state index in [4.69, 9.17) is 4.74 Å². The maximum absolute atomic E-state index is 13.4. The van der Waals surface area contributed by atoms with Gasteiger partial charge in [0.15, 0.2) is 6.29 Å². The highest BCUT2D eigenvalue weighted by Crippen LogP contribution is 2.31. The number of carbonyl (C=O) groups excluding carboxylic acids is 1. The van der Waals surface area contributed by atoms with Crippen LogP contribution in [0.1, 0.15) is 34.1 Å². The van der Waals surface area contributed by atoms with Crippen LogP contribution in [-0.2, 0) is 12.5 Å². The van der Waals surface area contributed by atoms with Crippen LogP contribution in [-0.4, -0.2) is 11.3 Å². The summed E-state index contributed by atoms with van der Waals surface area (Å²) < 4.78 is 32.3. The van der Waals surface area contributed by atoms with Gasteiger partial charge in [0, 0.05) is 12.5 Å². The third-order valence-corrected chi connectivity index (χ3v) is 3.02. The summed E-state index contributed by atoms with van der Waals surface area (Å²) in [6.45, 7) is 2.46. The summed E-state index contributed by atoms with van der Waals surface area (Å²) >= 11 is 0. The predicted octanol–water partition coefficient (Wildman–Crippen LogP) is 3.89. The molecule has 0 unspecified atom stereocenters. The Bertz CT molecular complexity index is 637. The number of pyridine rings is 1. The molecular formula is C16H15F2NO2. The average molecular weight is 291 g/mol. The van der Waals surface area contributed by atoms with Crippen LogP contribution in [0.15, 0.2) is 36.4 Å². The van der Waals surface area contributed by atoms with Crippen molar-refractivity contribution in [2.24, 2.45) is 0 Å². The molecule has 0 atom stereocenters. The predicted molar refractivity (Wildman–Crippen MR) is 74.7 cm³/mol. The van der Waals surface area contributed by atoms with E-state index < -0.39 is 5.92 Å². The van der Waals surface area contributed by atoms with E-state index in [-0.39, 0.29) is 29.3 Å². The van der Waals surface area contributed by atoms with E-state index >= 15 is 0 Å². The van der Waals surface area contributed by atoms with Crippen LogP contribution >= 0.6 is 0 Å². The number of carbonyl (C=O) groups is 1. The normalized spacial score (nSPS) is 11.2. The van der Waals surface area contributed by atoms with Gasteiger partial charge in [0.25, 0.3) is 5.92 Å². The number of nitrogens with zero attached hydrogens (tertiary/aromatic N) is 1. The molecule has 0 amide bonds. The van der Waals surface area contributed by atoms with Gasteiger partial charge in [-0.1, -0.05) is 30.3 Å². The Balaban J connectivity index is 2.28. The van der Waals surface area contributed by atoms with Gasteiger partial charge in [0.05, 0.1) is 11.3 Å². The Hall–Kier alpha value is -2.30. The van der Waals surface area contributed by atoms with Crippen molar-refractivity contribution < 1.29 is 18.3 Å². The van der Waals surface area contributed by atoms with E-state index in [0.717, 1.165) is 18.6 Å². The molecule has 0 fully saturated rings. The minimum absolute atomic E-state index is 0.0213. The first-order valence-electron chi connectivity index (χ1n) is 6.43. The average Bonchev–Trinajstić information content (AvgIpc) is 2.45. The summed E-state index contributed by atoms with van der Waals surface area (Å²) in [4.78, 5) is 15.1. The molecule has 1 aromatic carbocycles. The first-order chi connectivity index (χ1) is 9.91. The van der Waals surface area contributed by atoms with Gasteiger partial charge in [0.1, 0.15) is 6.61 Å². The van der Waals surface area contributed by atoms with Gasteiger partial charge in [-0.2, -0.15) is 0 Å². The van der Waals surface area contributed by atoms with E-state index in [1.165, 1.54) is 6.92 Å². The zero-order chi connectivity index (χ0) is 15.5. The van der Waals surface area contributed by atoms with Gasteiger partial charge in [-0.05, 0) is 18.6 Å². The van der Waals surface area contributed by atoms with Crippen molar-refractivity contribution in [2.45, 2.75) is 26.4 Å². The van der Waals surface area contributed by atoms with Crippen molar-refractivity contribution in [1.29, 1.82) is 0 Å². The lowest BCUT2D eigenvalue weighted by molar-refractivity contribution is 0.0162. The molecule has 21 heavy (non-hydrogen) atoms. The van der Waals surface area contributed by atoms with Crippen LogP contribution in [0, 0.1) is 6.92 Å². The van der Waals surface area contributed by atoms with Crippen molar-refractivity contribution >= 4 is 6.29 Å². The summed E-state index contributed by atoms with van der Waals surface area (Å²) in [7, 11) is 0. The number of aldehydes is 1. The second kappa shape index (κ2) is 5.99. The third kappa shape index (κ3) is 3.62. The fourth-order valence-corrected chi connectivity index (χ4v) is 1.97. The zero-order valence-electron chi connectivity index (χ0n) is 11.8. The molecule has 0 aliphatic heterocycles. The molecule has 0 aliphatic carbocycles. The summed E-state index contributed by atoms with van der Waals surface area (Å²) in [6.07, 6.45) is 0.474. The largest absolute Gasteiger partial charge is 0.472 e. The summed E-state index contributed by atoms with van der Waals surface area (Å²) in [6, 6.07) is 10.5. The lowest BCUT2D eigenvalue weighted by Crippen LogP contribution is -2.13. The van der Waals surface area contributed by atoms with Crippen LogP contribution in [0.3, 0.4) is 0 Å². The van der Waals surface area contributed by atoms with E-state index in [0.29, 0.717) is 6.29 Å². The quantitative estimate of drug-likeness (QED) is 0.784. The number of aryl methyl sites for hydroxylation is 1. The smallest absolute Gasteiger partial charge is 0.272 e. The highest BCUT2D eigenvalue weighted by Gasteiger charge is 2.28. The Morgan fingerprint density at radius 1 is 1.29 bits per heavy atom. The summed E-state index contributed by atoms with van der Waals surface area (Å²) in [5.74, 6) is -2.98. The molecule has 0 saturated carbocycles. The Labute approximate surface area is 121 Å². The van der Waals surface area contributed by atoms with E-state index in [1.54, 1.807) is 0 Å². The second-order valence-corrected chi connectivity index (χ2v) is 4.80. The lowest BCUT2D eigenvalue weighted by Gasteiger charge is -2.16. The van der Waals surface area contributed by atoms with Crippen LogP contribution in [0.25, 0.3) is 0 Å². The zero-order valence-corrected chi connectivity index (χ0v) is 11.8. The first-order valence-corrected chi connectivity index (χ1v) is 6.43. The molecule has 3 nitrogen and oxygen atoms in total. The molecule has 0 saturated heterocycles. The Kier molecular flexibility index (Phi) is 4.31. The highest BCUT2D eigenvalue weighted by atomic mass is 19.3. The number of aromatic nitrogens is 1. The van der Waals surface area contributed by atoms with Gasteiger partial charge >= 0.3 is 0 Å². The lowest BCUT2D eigenvalue weighted by atomic mass is 10.1. The monoisotopic (exact) mass is 291 g/mol. The topological polar surface area (TPSA) is 39.2 Å². The molecule has 0 aliphatic rings. The number of hydrogen-bond donors (Lipinski definition) is 0. The highest BCUT2D eigenvalue weighted by molar-refractivity contribution is 5.78. The van der Waals surface area contributed by atoms with Crippen LogP contribution in [0.5, 0.6) is 5.88 Å². The SMILES string of the molecule is Cc1nc(OCc2ccccc2)c(C=O)cc1C(C)(F)F. The Morgan fingerprint density at radius 3 is 2.52 bits per heavy atom. The molecule has 0 spiro atoms. The van der Waals surface area contributed by atoms with Crippen molar-refractivity contribution in [3.8, 4) is 5.88 Å². The van der Waals surface area contributed by atoms with Gasteiger partial charge in [-0.15, -0.1) is 0 Å². The fourth-order valence-electron chi connectivity index (χ4n) is 1.97. The second-order valence-electron chi connectivity index (χ2n) is 4.80.